The van der Waals surface area contributed by atoms with Gasteiger partial charge in [-0.05, 0) is 48.9 Å². The zero-order chi connectivity index (χ0) is 18.6. The fourth-order valence-electron chi connectivity index (χ4n) is 2.84. The Bertz CT molecular complexity index is 1080. The molecule has 1 N–H and O–H groups in total. The molecule has 0 aliphatic carbocycles. The quantitative estimate of drug-likeness (QED) is 0.548. The van der Waals surface area contributed by atoms with E-state index in [4.69, 9.17) is 9.47 Å². The van der Waals surface area contributed by atoms with Crippen LogP contribution in [0.5, 0.6) is 17.4 Å². The van der Waals surface area contributed by atoms with Crippen LogP contribution in [0, 0.1) is 6.92 Å². The number of anilines is 2. The van der Waals surface area contributed by atoms with Crippen molar-refractivity contribution >= 4 is 22.4 Å². The first-order valence-electron chi connectivity index (χ1n) is 8.49. The van der Waals surface area contributed by atoms with Gasteiger partial charge in [0.25, 0.3) is 0 Å². The van der Waals surface area contributed by atoms with E-state index in [9.17, 15) is 0 Å². The molecule has 134 valence electrons. The highest BCUT2D eigenvalue weighted by atomic mass is 16.5. The van der Waals surface area contributed by atoms with Crippen molar-refractivity contribution in [3.63, 3.8) is 0 Å². The molecule has 0 saturated carbocycles. The van der Waals surface area contributed by atoms with Crippen molar-refractivity contribution in [2.24, 2.45) is 0 Å². The van der Waals surface area contributed by atoms with Crippen LogP contribution in [0.2, 0.25) is 0 Å². The molecule has 0 aliphatic rings. The van der Waals surface area contributed by atoms with Gasteiger partial charge >= 0.3 is 0 Å². The van der Waals surface area contributed by atoms with E-state index in [1.165, 1.54) is 6.33 Å². The number of rotatable bonds is 5. The van der Waals surface area contributed by atoms with Gasteiger partial charge < -0.3 is 14.8 Å². The molecule has 27 heavy (non-hydrogen) atoms. The summed E-state index contributed by atoms with van der Waals surface area (Å²) in [7, 11) is 1.64. The zero-order valence-electron chi connectivity index (χ0n) is 15.0. The van der Waals surface area contributed by atoms with Crippen LogP contribution in [0.1, 0.15) is 5.56 Å². The lowest BCUT2D eigenvalue weighted by molar-refractivity contribution is 0.420. The second kappa shape index (κ2) is 7.29. The van der Waals surface area contributed by atoms with Crippen molar-refractivity contribution in [2.45, 2.75) is 6.92 Å². The number of fused-ring (bicyclic) bond motifs is 1. The highest BCUT2D eigenvalue weighted by Gasteiger charge is 2.10. The summed E-state index contributed by atoms with van der Waals surface area (Å²) in [5, 5.41) is 4.19. The molecular formula is C21H18N4O2. The minimum atomic E-state index is 0.563. The van der Waals surface area contributed by atoms with Crippen LogP contribution in [0.4, 0.5) is 11.5 Å². The normalized spacial score (nSPS) is 10.6. The molecule has 0 atom stereocenters. The van der Waals surface area contributed by atoms with E-state index in [0.717, 1.165) is 33.7 Å². The van der Waals surface area contributed by atoms with Crippen molar-refractivity contribution in [1.29, 1.82) is 0 Å². The van der Waals surface area contributed by atoms with Crippen LogP contribution < -0.4 is 14.8 Å². The monoisotopic (exact) mass is 358 g/mol. The highest BCUT2D eigenvalue weighted by Crippen LogP contribution is 2.32. The number of aromatic nitrogens is 3. The van der Waals surface area contributed by atoms with Gasteiger partial charge in [0.15, 0.2) is 0 Å². The van der Waals surface area contributed by atoms with E-state index in [1.807, 2.05) is 61.5 Å². The van der Waals surface area contributed by atoms with E-state index in [0.29, 0.717) is 11.7 Å². The van der Waals surface area contributed by atoms with E-state index in [2.05, 4.69) is 20.3 Å². The van der Waals surface area contributed by atoms with E-state index < -0.39 is 0 Å². The number of aryl methyl sites for hydroxylation is 1. The Balaban J connectivity index is 1.64. The van der Waals surface area contributed by atoms with E-state index >= 15 is 0 Å². The first-order chi connectivity index (χ1) is 13.2. The predicted octanol–water partition coefficient (Wildman–Crippen LogP) is 4.88. The maximum absolute atomic E-state index is 5.84. The third kappa shape index (κ3) is 3.50. The summed E-state index contributed by atoms with van der Waals surface area (Å²) >= 11 is 0. The van der Waals surface area contributed by atoms with Crippen molar-refractivity contribution in [3.8, 4) is 17.4 Å². The summed E-state index contributed by atoms with van der Waals surface area (Å²) < 4.78 is 11.3. The first-order valence-corrected chi connectivity index (χ1v) is 8.49. The van der Waals surface area contributed by atoms with Crippen LogP contribution in [-0.4, -0.2) is 22.1 Å². The Morgan fingerprint density at radius 2 is 1.81 bits per heavy atom. The van der Waals surface area contributed by atoms with Gasteiger partial charge in [-0.2, -0.15) is 0 Å². The highest BCUT2D eigenvalue weighted by molar-refractivity contribution is 5.95. The van der Waals surface area contributed by atoms with E-state index in [1.54, 1.807) is 13.3 Å². The van der Waals surface area contributed by atoms with Gasteiger partial charge in [0.05, 0.1) is 18.0 Å². The molecule has 0 unspecified atom stereocenters. The minimum absolute atomic E-state index is 0.563. The van der Waals surface area contributed by atoms with Gasteiger partial charge in [-0.3, -0.25) is 0 Å². The number of benzene rings is 2. The van der Waals surface area contributed by atoms with Crippen LogP contribution in [0.15, 0.2) is 67.1 Å². The van der Waals surface area contributed by atoms with Crippen LogP contribution in [-0.2, 0) is 0 Å². The molecule has 0 spiro atoms. The van der Waals surface area contributed by atoms with Gasteiger partial charge in [-0.25, -0.2) is 15.0 Å². The second-order valence-corrected chi connectivity index (χ2v) is 5.95. The van der Waals surface area contributed by atoms with Gasteiger partial charge in [0.2, 0.25) is 5.88 Å². The molecule has 2 aromatic carbocycles. The Morgan fingerprint density at radius 3 is 2.59 bits per heavy atom. The number of nitrogens with one attached hydrogen (secondary N) is 1. The summed E-state index contributed by atoms with van der Waals surface area (Å²) in [6, 6.07) is 17.2. The molecule has 0 aliphatic heterocycles. The number of hydrogen-bond donors (Lipinski definition) is 1. The third-order valence-corrected chi connectivity index (χ3v) is 4.13. The Morgan fingerprint density at radius 1 is 0.889 bits per heavy atom. The molecule has 2 aromatic heterocycles. The van der Waals surface area contributed by atoms with Crippen molar-refractivity contribution in [3.05, 3.63) is 72.7 Å². The number of nitrogens with zero attached hydrogens (tertiary/aromatic N) is 3. The average molecular weight is 358 g/mol. The number of hydrogen-bond acceptors (Lipinski definition) is 6. The van der Waals surface area contributed by atoms with Crippen molar-refractivity contribution in [1.82, 2.24) is 15.0 Å². The van der Waals surface area contributed by atoms with Crippen LogP contribution >= 0.6 is 0 Å². The summed E-state index contributed by atoms with van der Waals surface area (Å²) in [4.78, 5) is 12.9. The molecule has 0 fully saturated rings. The van der Waals surface area contributed by atoms with Gasteiger partial charge in [-0.15, -0.1) is 0 Å². The molecular weight excluding hydrogens is 340 g/mol. The molecule has 4 rings (SSSR count). The van der Waals surface area contributed by atoms with Crippen molar-refractivity contribution in [2.75, 3.05) is 12.4 Å². The molecule has 4 aromatic rings. The van der Waals surface area contributed by atoms with Crippen molar-refractivity contribution < 1.29 is 9.47 Å². The molecule has 6 nitrogen and oxygen atoms in total. The number of methoxy groups -OCH3 is 1. The van der Waals surface area contributed by atoms with Gasteiger partial charge in [-0.1, -0.05) is 12.1 Å². The van der Waals surface area contributed by atoms with E-state index in [-0.39, 0.29) is 0 Å². The second-order valence-electron chi connectivity index (χ2n) is 5.95. The first kappa shape index (κ1) is 16.8. The summed E-state index contributed by atoms with van der Waals surface area (Å²) in [6.07, 6.45) is 3.24. The largest absolute Gasteiger partial charge is 0.496 e. The predicted molar refractivity (Wildman–Crippen MR) is 105 cm³/mol. The molecule has 0 bridgehead atoms. The average Bonchev–Trinajstić information content (AvgIpc) is 2.70. The minimum Gasteiger partial charge on any atom is -0.496 e. The standard InChI is InChI=1S/C21H18N4O2/c1-14-12-15(9-10-17(14)27-19-8-3-4-11-22-19)25-21-20-16(23-13-24-21)6-5-7-18(20)26-2/h3-13H,1-2H3,(H,23,24,25). The zero-order valence-corrected chi connectivity index (χ0v) is 15.0. The summed E-state index contributed by atoms with van der Waals surface area (Å²) in [6.45, 7) is 1.99. The third-order valence-electron chi connectivity index (χ3n) is 4.13. The van der Waals surface area contributed by atoms with Gasteiger partial charge in [0.1, 0.15) is 23.6 Å². The maximum atomic E-state index is 5.84. The van der Waals surface area contributed by atoms with Crippen LogP contribution in [0.3, 0.4) is 0 Å². The topological polar surface area (TPSA) is 69.2 Å². The number of pyridine rings is 1. The lowest BCUT2D eigenvalue weighted by atomic mass is 10.2. The smallest absolute Gasteiger partial charge is 0.219 e. The Hall–Kier alpha value is -3.67. The lowest BCUT2D eigenvalue weighted by Crippen LogP contribution is -1.98. The summed E-state index contributed by atoms with van der Waals surface area (Å²) in [5.41, 5.74) is 2.70. The van der Waals surface area contributed by atoms with Crippen LogP contribution in [0.25, 0.3) is 10.9 Å². The molecule has 6 heteroatoms. The number of ether oxygens (including phenoxy) is 2. The maximum Gasteiger partial charge on any atom is 0.219 e. The van der Waals surface area contributed by atoms with Gasteiger partial charge in [0, 0.05) is 18.0 Å². The SMILES string of the molecule is COc1cccc2ncnc(Nc3ccc(Oc4ccccn4)c(C)c3)c12. The fraction of sp³-hybridized carbons (Fsp3) is 0.0952. The Labute approximate surface area is 156 Å². The lowest BCUT2D eigenvalue weighted by Gasteiger charge is -2.13. The summed E-state index contributed by atoms with van der Waals surface area (Å²) in [5.74, 6) is 2.73. The molecule has 2 heterocycles. The molecule has 0 radical (unpaired) electrons. The fourth-order valence-corrected chi connectivity index (χ4v) is 2.84. The molecule has 0 amide bonds. The molecule has 0 saturated heterocycles. The Kier molecular flexibility index (Phi) is 4.53.